The van der Waals surface area contributed by atoms with Gasteiger partial charge in [0.2, 0.25) is 0 Å². The molecule has 2 aliphatic heterocycles. The Hall–Kier alpha value is -0.0800. The third-order valence-corrected chi connectivity index (χ3v) is 7.00. The van der Waals surface area contributed by atoms with E-state index in [1.54, 1.807) is 0 Å². The summed E-state index contributed by atoms with van der Waals surface area (Å²) in [5.74, 6) is 2.19. The lowest BCUT2D eigenvalue weighted by molar-refractivity contribution is -0.203. The average Bonchev–Trinajstić information content (AvgIpc) is 3.03. The fourth-order valence-corrected chi connectivity index (χ4v) is 5.76. The molecule has 0 radical (unpaired) electrons. The summed E-state index contributed by atoms with van der Waals surface area (Å²) in [5.41, 5.74) is 0.0434. The summed E-state index contributed by atoms with van der Waals surface area (Å²) >= 11 is 0. The van der Waals surface area contributed by atoms with Gasteiger partial charge in [-0.15, -0.1) is 0 Å². The van der Waals surface area contributed by atoms with Crippen molar-refractivity contribution in [3.63, 3.8) is 0 Å². The number of hydrogen-bond acceptors (Lipinski definition) is 2. The summed E-state index contributed by atoms with van der Waals surface area (Å²) in [7, 11) is 0. The molecular weight excluding hydrogens is 260 g/mol. The summed E-state index contributed by atoms with van der Waals surface area (Å²) in [6.07, 6.45) is 5.69. The zero-order valence-electron chi connectivity index (χ0n) is 15.0. The molecule has 2 nitrogen and oxygen atoms in total. The maximum atomic E-state index is 6.54. The second-order valence-electron chi connectivity index (χ2n) is 9.28. The van der Waals surface area contributed by atoms with Gasteiger partial charge in [0.15, 0.2) is 0 Å². The molecule has 7 atom stereocenters. The van der Waals surface area contributed by atoms with Gasteiger partial charge in [-0.3, -0.25) is 0 Å². The van der Waals surface area contributed by atoms with Gasteiger partial charge in [0, 0.05) is 5.41 Å². The molecule has 1 saturated carbocycles. The predicted octanol–water partition coefficient (Wildman–Crippen LogP) is 4.81. The fraction of sp³-hybridized carbons (Fsp3) is 1.00. The van der Waals surface area contributed by atoms with Crippen LogP contribution in [0.4, 0.5) is 0 Å². The van der Waals surface area contributed by atoms with Crippen molar-refractivity contribution in [3.8, 4) is 0 Å². The van der Waals surface area contributed by atoms with Crippen LogP contribution in [0.15, 0.2) is 0 Å². The van der Waals surface area contributed by atoms with Crippen LogP contribution in [0.25, 0.3) is 0 Å². The standard InChI is InChI=1S/C19H34O2/c1-12-8-14(3)16-19(11-12,21-16)17(5,6)18(7)10-13(2)9-15(4)20-18/h12-16H,8-11H2,1-7H3/t12?,13?,14?,15?,16?,18-,19?/m0/s1. The molecule has 1 aliphatic carbocycles. The Morgan fingerprint density at radius 1 is 0.905 bits per heavy atom. The van der Waals surface area contributed by atoms with E-state index in [0.29, 0.717) is 18.1 Å². The first-order valence-corrected chi connectivity index (χ1v) is 8.97. The van der Waals surface area contributed by atoms with Gasteiger partial charge in [-0.25, -0.2) is 0 Å². The van der Waals surface area contributed by atoms with E-state index in [0.717, 1.165) is 18.3 Å². The van der Waals surface area contributed by atoms with Gasteiger partial charge in [0.1, 0.15) is 5.60 Å². The lowest BCUT2D eigenvalue weighted by atomic mass is 9.57. The Kier molecular flexibility index (Phi) is 3.54. The monoisotopic (exact) mass is 294 g/mol. The summed E-state index contributed by atoms with van der Waals surface area (Å²) in [4.78, 5) is 0. The Bertz CT molecular complexity index is 394. The number of fused-ring (bicyclic) bond motifs is 1. The van der Waals surface area contributed by atoms with E-state index in [2.05, 4.69) is 48.5 Å². The van der Waals surface area contributed by atoms with Crippen molar-refractivity contribution >= 4 is 0 Å². The van der Waals surface area contributed by atoms with Gasteiger partial charge in [0.25, 0.3) is 0 Å². The Balaban J connectivity index is 1.90. The average molecular weight is 294 g/mol. The van der Waals surface area contributed by atoms with E-state index in [-0.39, 0.29) is 16.6 Å². The van der Waals surface area contributed by atoms with Gasteiger partial charge in [0.05, 0.1) is 17.8 Å². The molecule has 2 saturated heterocycles. The van der Waals surface area contributed by atoms with Crippen molar-refractivity contribution in [2.24, 2.45) is 23.2 Å². The molecule has 6 unspecified atom stereocenters. The Morgan fingerprint density at radius 2 is 1.52 bits per heavy atom. The summed E-state index contributed by atoms with van der Waals surface area (Å²) in [6, 6.07) is 0. The van der Waals surface area contributed by atoms with Gasteiger partial charge in [-0.2, -0.15) is 0 Å². The van der Waals surface area contributed by atoms with Crippen molar-refractivity contribution in [1.82, 2.24) is 0 Å². The Labute approximate surface area is 131 Å². The minimum Gasteiger partial charge on any atom is -0.372 e. The normalized spacial score (nSPS) is 54.1. The van der Waals surface area contributed by atoms with Crippen molar-refractivity contribution in [1.29, 1.82) is 0 Å². The summed E-state index contributed by atoms with van der Waals surface area (Å²) < 4.78 is 13.0. The molecule has 3 rings (SSSR count). The van der Waals surface area contributed by atoms with E-state index < -0.39 is 0 Å². The first-order chi connectivity index (χ1) is 9.61. The lowest BCUT2D eigenvalue weighted by Gasteiger charge is -2.54. The maximum absolute atomic E-state index is 6.54. The molecule has 0 aromatic carbocycles. The van der Waals surface area contributed by atoms with Crippen LogP contribution in [-0.4, -0.2) is 23.4 Å². The largest absolute Gasteiger partial charge is 0.372 e. The van der Waals surface area contributed by atoms with Crippen LogP contribution in [0.1, 0.15) is 74.1 Å². The Morgan fingerprint density at radius 3 is 2.14 bits per heavy atom. The molecule has 0 aromatic heterocycles. The molecule has 2 heteroatoms. The molecule has 0 N–H and O–H groups in total. The summed E-state index contributed by atoms with van der Waals surface area (Å²) in [5, 5.41) is 0. The molecule has 0 bridgehead atoms. The number of hydrogen-bond donors (Lipinski definition) is 0. The van der Waals surface area contributed by atoms with Crippen LogP contribution in [0.5, 0.6) is 0 Å². The minimum atomic E-state index is -0.0738. The smallest absolute Gasteiger partial charge is 0.103 e. The van der Waals surface area contributed by atoms with Crippen molar-refractivity contribution in [2.45, 2.75) is 97.6 Å². The first-order valence-electron chi connectivity index (χ1n) is 8.97. The lowest BCUT2D eigenvalue weighted by Crippen LogP contribution is -2.59. The van der Waals surface area contributed by atoms with Crippen LogP contribution in [0.2, 0.25) is 0 Å². The third-order valence-electron chi connectivity index (χ3n) is 7.00. The van der Waals surface area contributed by atoms with E-state index in [1.807, 2.05) is 0 Å². The topological polar surface area (TPSA) is 21.8 Å². The van der Waals surface area contributed by atoms with E-state index in [1.165, 1.54) is 19.3 Å². The van der Waals surface area contributed by atoms with E-state index in [9.17, 15) is 0 Å². The highest BCUT2D eigenvalue weighted by Gasteiger charge is 2.73. The number of rotatable bonds is 2. The van der Waals surface area contributed by atoms with Crippen molar-refractivity contribution < 1.29 is 9.47 Å². The molecule has 21 heavy (non-hydrogen) atoms. The summed E-state index contributed by atoms with van der Waals surface area (Å²) in [6.45, 7) is 16.5. The highest BCUT2D eigenvalue weighted by atomic mass is 16.6. The van der Waals surface area contributed by atoms with Crippen LogP contribution >= 0.6 is 0 Å². The molecule has 122 valence electrons. The molecule has 0 aromatic rings. The maximum Gasteiger partial charge on any atom is 0.103 e. The van der Waals surface area contributed by atoms with Gasteiger partial charge in [-0.05, 0) is 57.3 Å². The predicted molar refractivity (Wildman–Crippen MR) is 86.3 cm³/mol. The SMILES string of the molecule is CC1CC(C)C2OC2(C(C)(C)[C@]2(C)CC(C)CC(C)O2)C1. The molecule has 2 heterocycles. The molecular formula is C19H34O2. The van der Waals surface area contributed by atoms with Gasteiger partial charge < -0.3 is 9.47 Å². The van der Waals surface area contributed by atoms with E-state index in [4.69, 9.17) is 9.47 Å². The third kappa shape index (κ3) is 2.20. The van der Waals surface area contributed by atoms with Gasteiger partial charge in [-0.1, -0.05) is 34.6 Å². The van der Waals surface area contributed by atoms with Crippen LogP contribution in [0, 0.1) is 23.2 Å². The fourth-order valence-electron chi connectivity index (χ4n) is 5.76. The van der Waals surface area contributed by atoms with Crippen LogP contribution in [-0.2, 0) is 9.47 Å². The molecule has 0 spiro atoms. The van der Waals surface area contributed by atoms with Gasteiger partial charge >= 0.3 is 0 Å². The van der Waals surface area contributed by atoms with Crippen LogP contribution < -0.4 is 0 Å². The van der Waals surface area contributed by atoms with Crippen molar-refractivity contribution in [2.75, 3.05) is 0 Å². The molecule has 0 amide bonds. The second-order valence-corrected chi connectivity index (χ2v) is 9.28. The second kappa shape index (κ2) is 4.71. The number of epoxide rings is 1. The van der Waals surface area contributed by atoms with Crippen molar-refractivity contribution in [3.05, 3.63) is 0 Å². The van der Waals surface area contributed by atoms with Crippen LogP contribution in [0.3, 0.4) is 0 Å². The minimum absolute atomic E-state index is 0.0512. The highest BCUT2D eigenvalue weighted by molar-refractivity contribution is 5.21. The molecule has 3 aliphatic rings. The number of ether oxygens (including phenoxy) is 2. The quantitative estimate of drug-likeness (QED) is 0.682. The van der Waals surface area contributed by atoms with E-state index >= 15 is 0 Å². The zero-order valence-corrected chi connectivity index (χ0v) is 15.0. The highest BCUT2D eigenvalue weighted by Crippen LogP contribution is 2.65. The molecule has 3 fully saturated rings. The first kappa shape index (κ1) is 15.8. The zero-order chi connectivity index (χ0) is 15.6.